The van der Waals surface area contributed by atoms with Gasteiger partial charge in [-0.15, -0.1) is 0 Å². The summed E-state index contributed by atoms with van der Waals surface area (Å²) in [6.45, 7) is 6.10. The normalized spacial score (nSPS) is 11.6. The Morgan fingerprint density at radius 1 is 1.11 bits per heavy atom. The van der Waals surface area contributed by atoms with E-state index in [0.29, 0.717) is 18.7 Å². The van der Waals surface area contributed by atoms with Gasteiger partial charge in [0.15, 0.2) is 6.61 Å². The quantitative estimate of drug-likeness (QED) is 0.778. The third kappa shape index (κ3) is 5.58. The van der Waals surface area contributed by atoms with Crippen molar-refractivity contribution in [3.63, 3.8) is 0 Å². The molecule has 0 heterocycles. The van der Waals surface area contributed by atoms with Crippen LogP contribution in [0, 0.1) is 13.8 Å². The van der Waals surface area contributed by atoms with Crippen LogP contribution in [0.1, 0.15) is 30.0 Å². The van der Waals surface area contributed by atoms with Gasteiger partial charge in [0.05, 0.1) is 0 Å². The number of aryl methyl sites for hydroxylation is 2. The second-order valence-electron chi connectivity index (χ2n) is 6.60. The molecule has 2 aromatic rings. The van der Waals surface area contributed by atoms with Crippen molar-refractivity contribution >= 4 is 11.8 Å². The molecule has 1 N–H and O–H groups in total. The molecule has 0 aliphatic carbocycles. The lowest BCUT2D eigenvalue weighted by molar-refractivity contribution is -0.142. The number of nitrogens with zero attached hydrogens (tertiary/aromatic N) is 1. The van der Waals surface area contributed by atoms with Crippen molar-refractivity contribution in [1.82, 2.24) is 10.2 Å². The van der Waals surface area contributed by atoms with Gasteiger partial charge in [0.1, 0.15) is 11.8 Å². The molecule has 0 aromatic heterocycles. The maximum Gasteiger partial charge on any atom is 0.261 e. The molecule has 2 rings (SSSR count). The van der Waals surface area contributed by atoms with Crippen molar-refractivity contribution in [1.29, 1.82) is 0 Å². The average molecular weight is 368 g/mol. The summed E-state index contributed by atoms with van der Waals surface area (Å²) in [4.78, 5) is 26.9. The summed E-state index contributed by atoms with van der Waals surface area (Å²) in [5.74, 6) is 0.291. The smallest absolute Gasteiger partial charge is 0.261 e. The fraction of sp³-hybridized carbons (Fsp3) is 0.364. The second kappa shape index (κ2) is 9.76. The summed E-state index contributed by atoms with van der Waals surface area (Å²) in [6, 6.07) is 15.0. The molecule has 0 unspecified atom stereocenters. The monoisotopic (exact) mass is 368 g/mol. The van der Waals surface area contributed by atoms with E-state index in [-0.39, 0.29) is 18.4 Å². The first-order valence-corrected chi connectivity index (χ1v) is 9.21. The molecule has 0 aliphatic heterocycles. The van der Waals surface area contributed by atoms with Crippen LogP contribution in [0.3, 0.4) is 0 Å². The van der Waals surface area contributed by atoms with E-state index in [1.807, 2.05) is 69.3 Å². The first-order chi connectivity index (χ1) is 13.0. The molecule has 0 bridgehead atoms. The summed E-state index contributed by atoms with van der Waals surface area (Å²) in [5, 5.41) is 2.66. The highest BCUT2D eigenvalue weighted by Gasteiger charge is 2.28. The highest BCUT2D eigenvalue weighted by molar-refractivity contribution is 5.88. The van der Waals surface area contributed by atoms with Crippen LogP contribution in [0.4, 0.5) is 0 Å². The van der Waals surface area contributed by atoms with Gasteiger partial charge >= 0.3 is 0 Å². The number of hydrogen-bond acceptors (Lipinski definition) is 3. The van der Waals surface area contributed by atoms with Gasteiger partial charge in [-0.3, -0.25) is 9.59 Å². The number of nitrogens with one attached hydrogen (secondary N) is 1. The number of carbonyl (C=O) groups is 2. The van der Waals surface area contributed by atoms with Crippen molar-refractivity contribution in [2.24, 2.45) is 0 Å². The van der Waals surface area contributed by atoms with E-state index in [1.54, 1.807) is 11.9 Å². The SMILES string of the molecule is CC[C@@H](C(=O)NC)N(Cc1cccc(C)c1)C(=O)COc1ccccc1C. The highest BCUT2D eigenvalue weighted by atomic mass is 16.5. The molecule has 2 amide bonds. The molecule has 1 atom stereocenters. The van der Waals surface area contributed by atoms with E-state index < -0.39 is 6.04 Å². The van der Waals surface area contributed by atoms with Gasteiger partial charge in [-0.1, -0.05) is 55.0 Å². The van der Waals surface area contributed by atoms with Gasteiger partial charge in [0, 0.05) is 13.6 Å². The fourth-order valence-corrected chi connectivity index (χ4v) is 3.03. The Morgan fingerprint density at radius 3 is 2.48 bits per heavy atom. The van der Waals surface area contributed by atoms with Gasteiger partial charge in [-0.25, -0.2) is 0 Å². The number of hydrogen-bond donors (Lipinski definition) is 1. The largest absolute Gasteiger partial charge is 0.484 e. The molecule has 0 aliphatic rings. The molecule has 0 saturated heterocycles. The van der Waals surface area contributed by atoms with Crippen LogP contribution >= 0.6 is 0 Å². The minimum absolute atomic E-state index is 0.107. The standard InChI is InChI=1S/C22H28N2O3/c1-5-19(22(26)23-4)24(14-18-11-8-9-16(2)13-18)21(25)15-27-20-12-7-6-10-17(20)3/h6-13,19H,5,14-15H2,1-4H3,(H,23,26)/t19-/m0/s1. The lowest BCUT2D eigenvalue weighted by Gasteiger charge is -2.30. The lowest BCUT2D eigenvalue weighted by Crippen LogP contribution is -2.49. The Kier molecular flexibility index (Phi) is 7.41. The molecule has 5 nitrogen and oxygen atoms in total. The molecule has 5 heteroatoms. The van der Waals surface area contributed by atoms with Gasteiger partial charge in [0.2, 0.25) is 5.91 Å². The Bertz CT molecular complexity index is 789. The zero-order valence-electron chi connectivity index (χ0n) is 16.5. The maximum absolute atomic E-state index is 13.0. The molecule has 0 saturated carbocycles. The summed E-state index contributed by atoms with van der Waals surface area (Å²) < 4.78 is 5.73. The van der Waals surface area contributed by atoms with Crippen LogP contribution in [0.25, 0.3) is 0 Å². The van der Waals surface area contributed by atoms with Crippen LogP contribution < -0.4 is 10.1 Å². The van der Waals surface area contributed by atoms with Crippen molar-refractivity contribution in [2.45, 2.75) is 39.8 Å². The number of amides is 2. The van der Waals surface area contributed by atoms with Crippen molar-refractivity contribution in [3.05, 3.63) is 65.2 Å². The van der Waals surface area contributed by atoms with Gasteiger partial charge in [-0.05, 0) is 37.5 Å². The minimum Gasteiger partial charge on any atom is -0.484 e. The van der Waals surface area contributed by atoms with Crippen molar-refractivity contribution < 1.29 is 14.3 Å². The summed E-state index contributed by atoms with van der Waals surface area (Å²) in [7, 11) is 1.59. The van der Waals surface area contributed by atoms with E-state index in [4.69, 9.17) is 4.74 Å². The third-order valence-electron chi connectivity index (χ3n) is 4.51. The molecular weight excluding hydrogens is 340 g/mol. The zero-order chi connectivity index (χ0) is 19.8. The first-order valence-electron chi connectivity index (χ1n) is 9.21. The van der Waals surface area contributed by atoms with E-state index in [1.165, 1.54) is 0 Å². The number of carbonyl (C=O) groups excluding carboxylic acids is 2. The van der Waals surface area contributed by atoms with Crippen LogP contribution in [0.15, 0.2) is 48.5 Å². The van der Waals surface area contributed by atoms with Crippen molar-refractivity contribution in [3.8, 4) is 5.75 Å². The number of benzene rings is 2. The Balaban J connectivity index is 2.20. The second-order valence-corrected chi connectivity index (χ2v) is 6.60. The number of likely N-dealkylation sites (N-methyl/N-ethyl adjacent to an activating group) is 1. The molecule has 2 aromatic carbocycles. The predicted molar refractivity (Wildman–Crippen MR) is 107 cm³/mol. The summed E-state index contributed by atoms with van der Waals surface area (Å²) in [5.41, 5.74) is 3.07. The number of ether oxygens (including phenoxy) is 1. The molecule has 0 fully saturated rings. The minimum atomic E-state index is -0.538. The topological polar surface area (TPSA) is 58.6 Å². The Morgan fingerprint density at radius 2 is 1.85 bits per heavy atom. The van der Waals surface area contributed by atoms with Crippen LogP contribution in [0.5, 0.6) is 5.75 Å². The average Bonchev–Trinajstić information content (AvgIpc) is 2.66. The Hall–Kier alpha value is -2.82. The fourth-order valence-electron chi connectivity index (χ4n) is 3.03. The molecule has 27 heavy (non-hydrogen) atoms. The van der Waals surface area contributed by atoms with Gasteiger partial charge in [-0.2, -0.15) is 0 Å². The van der Waals surface area contributed by atoms with E-state index >= 15 is 0 Å². The van der Waals surface area contributed by atoms with Crippen molar-refractivity contribution in [2.75, 3.05) is 13.7 Å². The summed E-state index contributed by atoms with van der Waals surface area (Å²) in [6.07, 6.45) is 0.529. The van der Waals surface area contributed by atoms with E-state index in [0.717, 1.165) is 16.7 Å². The Labute approximate surface area is 161 Å². The van der Waals surface area contributed by atoms with Gasteiger partial charge < -0.3 is 15.0 Å². The molecule has 0 spiro atoms. The number of rotatable bonds is 8. The lowest BCUT2D eigenvalue weighted by atomic mass is 10.1. The van der Waals surface area contributed by atoms with Crippen LogP contribution in [-0.4, -0.2) is 36.4 Å². The molecular formula is C22H28N2O3. The third-order valence-corrected chi connectivity index (χ3v) is 4.51. The summed E-state index contributed by atoms with van der Waals surface area (Å²) >= 11 is 0. The highest BCUT2D eigenvalue weighted by Crippen LogP contribution is 2.18. The zero-order valence-corrected chi connectivity index (χ0v) is 16.5. The molecule has 144 valence electrons. The van der Waals surface area contributed by atoms with Crippen LogP contribution in [-0.2, 0) is 16.1 Å². The number of para-hydroxylation sites is 1. The maximum atomic E-state index is 13.0. The van der Waals surface area contributed by atoms with E-state index in [2.05, 4.69) is 5.32 Å². The molecule has 0 radical (unpaired) electrons. The first kappa shape index (κ1) is 20.5. The predicted octanol–water partition coefficient (Wildman–Crippen LogP) is 3.24. The van der Waals surface area contributed by atoms with Crippen LogP contribution in [0.2, 0.25) is 0 Å². The van der Waals surface area contributed by atoms with E-state index in [9.17, 15) is 9.59 Å². The van der Waals surface area contributed by atoms with Gasteiger partial charge in [0.25, 0.3) is 5.91 Å².